The molecule has 6 nitrogen and oxygen atoms in total. The number of fused-ring (bicyclic) bond motifs is 1. The summed E-state index contributed by atoms with van der Waals surface area (Å²) >= 11 is 0. The van der Waals surface area contributed by atoms with Crippen molar-refractivity contribution in [2.24, 2.45) is 0 Å². The second-order valence-corrected chi connectivity index (χ2v) is 5.91. The van der Waals surface area contributed by atoms with Gasteiger partial charge in [-0.05, 0) is 31.9 Å². The van der Waals surface area contributed by atoms with Crippen LogP contribution in [-0.2, 0) is 9.53 Å². The van der Waals surface area contributed by atoms with Crippen molar-refractivity contribution in [2.75, 3.05) is 19.7 Å². The monoisotopic (exact) mass is 317 g/mol. The van der Waals surface area contributed by atoms with E-state index in [1.54, 1.807) is 0 Å². The first-order chi connectivity index (χ1) is 10.9. The molecule has 1 unspecified atom stereocenters. The molecule has 122 valence electrons. The molecule has 0 bridgehead atoms. The van der Waals surface area contributed by atoms with Crippen molar-refractivity contribution in [1.29, 1.82) is 0 Å². The molecule has 1 N–H and O–H groups in total. The predicted octanol–water partition coefficient (Wildman–Crippen LogP) is 2.28. The Morgan fingerprint density at radius 2 is 1.91 bits per heavy atom. The summed E-state index contributed by atoms with van der Waals surface area (Å²) in [7, 11) is 0. The summed E-state index contributed by atoms with van der Waals surface area (Å²) in [6, 6.07) is 3.97. The predicted molar refractivity (Wildman–Crippen MR) is 83.7 cm³/mol. The van der Waals surface area contributed by atoms with Gasteiger partial charge in [-0.2, -0.15) is 0 Å². The Balaban J connectivity index is 1.98. The molecule has 1 aliphatic rings. The summed E-state index contributed by atoms with van der Waals surface area (Å²) in [6.07, 6.45) is -0.985. The van der Waals surface area contributed by atoms with Gasteiger partial charge in [0, 0.05) is 17.5 Å². The van der Waals surface area contributed by atoms with Gasteiger partial charge in [-0.3, -0.25) is 4.79 Å². The number of morpholine rings is 1. The maximum absolute atomic E-state index is 12.8. The summed E-state index contributed by atoms with van der Waals surface area (Å²) in [5.74, 6) is -1.06. The number of benzene rings is 1. The van der Waals surface area contributed by atoms with Crippen molar-refractivity contribution in [1.82, 2.24) is 4.90 Å². The molecule has 1 aliphatic heterocycles. The van der Waals surface area contributed by atoms with E-state index in [1.165, 1.54) is 4.90 Å². The molecule has 1 saturated heterocycles. The zero-order chi connectivity index (χ0) is 16.7. The first-order valence-corrected chi connectivity index (χ1v) is 7.53. The van der Waals surface area contributed by atoms with Gasteiger partial charge in [0.25, 0.3) is 5.91 Å². The molecule has 1 aromatic carbocycles. The SMILES string of the molecule is Cc1ccc(C)c2c(C)c(C(=O)N3CCOC(C(=O)O)C3)oc12. The van der Waals surface area contributed by atoms with Gasteiger partial charge in [0.2, 0.25) is 0 Å². The highest BCUT2D eigenvalue weighted by Crippen LogP contribution is 2.31. The Labute approximate surface area is 133 Å². The van der Waals surface area contributed by atoms with E-state index in [1.807, 2.05) is 32.9 Å². The fraction of sp³-hybridized carbons (Fsp3) is 0.412. The lowest BCUT2D eigenvalue weighted by molar-refractivity contribution is -0.154. The van der Waals surface area contributed by atoms with E-state index in [9.17, 15) is 9.59 Å². The Morgan fingerprint density at radius 1 is 1.22 bits per heavy atom. The molecule has 1 aromatic heterocycles. The van der Waals surface area contributed by atoms with Gasteiger partial charge in [-0.15, -0.1) is 0 Å². The van der Waals surface area contributed by atoms with Gasteiger partial charge >= 0.3 is 5.97 Å². The molecule has 2 heterocycles. The highest BCUT2D eigenvalue weighted by Gasteiger charge is 2.32. The van der Waals surface area contributed by atoms with Gasteiger partial charge in [0.05, 0.1) is 13.2 Å². The van der Waals surface area contributed by atoms with E-state index >= 15 is 0 Å². The highest BCUT2D eigenvalue weighted by molar-refractivity contribution is 6.00. The van der Waals surface area contributed by atoms with Crippen LogP contribution in [0.3, 0.4) is 0 Å². The third kappa shape index (κ3) is 2.59. The minimum Gasteiger partial charge on any atom is -0.479 e. The number of carbonyl (C=O) groups is 2. The first-order valence-electron chi connectivity index (χ1n) is 7.53. The van der Waals surface area contributed by atoms with Gasteiger partial charge in [-0.25, -0.2) is 4.79 Å². The lowest BCUT2D eigenvalue weighted by Gasteiger charge is -2.30. The molecule has 0 aliphatic carbocycles. The van der Waals surface area contributed by atoms with Crippen LogP contribution in [0.25, 0.3) is 11.0 Å². The van der Waals surface area contributed by atoms with Gasteiger partial charge < -0.3 is 19.2 Å². The average Bonchev–Trinajstić information content (AvgIpc) is 2.89. The van der Waals surface area contributed by atoms with E-state index < -0.39 is 12.1 Å². The fourth-order valence-electron chi connectivity index (χ4n) is 3.01. The van der Waals surface area contributed by atoms with Crippen LogP contribution in [0.5, 0.6) is 0 Å². The van der Waals surface area contributed by atoms with E-state index in [0.29, 0.717) is 12.1 Å². The third-order valence-electron chi connectivity index (χ3n) is 4.31. The largest absolute Gasteiger partial charge is 0.479 e. The lowest BCUT2D eigenvalue weighted by atomic mass is 10.0. The molecule has 1 atom stereocenters. The number of rotatable bonds is 2. The average molecular weight is 317 g/mol. The number of nitrogens with zero attached hydrogens (tertiary/aromatic N) is 1. The number of carbonyl (C=O) groups excluding carboxylic acids is 1. The fourth-order valence-corrected chi connectivity index (χ4v) is 3.01. The smallest absolute Gasteiger partial charge is 0.334 e. The summed E-state index contributed by atoms with van der Waals surface area (Å²) in [5, 5.41) is 10.0. The number of carboxylic acid groups (broad SMARTS) is 1. The molecule has 0 spiro atoms. The van der Waals surface area contributed by atoms with Crippen LogP contribution in [0.4, 0.5) is 0 Å². The van der Waals surface area contributed by atoms with E-state index in [0.717, 1.165) is 22.1 Å². The Bertz CT molecular complexity index is 792. The number of hydrogen-bond acceptors (Lipinski definition) is 4. The standard InChI is InChI=1S/C17H19NO5/c1-9-4-5-10(2)14-13(9)11(3)15(23-14)16(19)18-6-7-22-12(8-18)17(20)21/h4-5,12H,6-8H2,1-3H3,(H,20,21). The number of amides is 1. The second kappa shape index (κ2) is 5.70. The van der Waals surface area contributed by atoms with Gasteiger partial charge in [0.1, 0.15) is 5.58 Å². The van der Waals surface area contributed by atoms with E-state index in [4.69, 9.17) is 14.3 Å². The molecular formula is C17H19NO5. The summed E-state index contributed by atoms with van der Waals surface area (Å²) in [5.41, 5.74) is 3.54. The van der Waals surface area contributed by atoms with Crippen LogP contribution in [0, 0.1) is 20.8 Å². The van der Waals surface area contributed by atoms with Crippen LogP contribution in [0.2, 0.25) is 0 Å². The maximum atomic E-state index is 12.8. The van der Waals surface area contributed by atoms with Crippen LogP contribution in [0.15, 0.2) is 16.5 Å². The molecule has 3 rings (SSSR count). The molecule has 1 fully saturated rings. The van der Waals surface area contributed by atoms with Gasteiger partial charge in [-0.1, -0.05) is 12.1 Å². The van der Waals surface area contributed by atoms with Crippen LogP contribution in [0.1, 0.15) is 27.2 Å². The summed E-state index contributed by atoms with van der Waals surface area (Å²) in [6.45, 7) is 6.38. The van der Waals surface area contributed by atoms with Crippen molar-refractivity contribution in [3.8, 4) is 0 Å². The zero-order valence-corrected chi connectivity index (χ0v) is 13.4. The number of aliphatic carboxylic acids is 1. The summed E-state index contributed by atoms with van der Waals surface area (Å²) < 4.78 is 11.0. The number of hydrogen-bond donors (Lipinski definition) is 1. The summed E-state index contributed by atoms with van der Waals surface area (Å²) in [4.78, 5) is 25.3. The van der Waals surface area contributed by atoms with Crippen LogP contribution in [-0.4, -0.2) is 47.7 Å². The quantitative estimate of drug-likeness (QED) is 0.919. The van der Waals surface area contributed by atoms with Crippen molar-refractivity contribution in [3.05, 3.63) is 34.6 Å². The van der Waals surface area contributed by atoms with Crippen molar-refractivity contribution in [3.63, 3.8) is 0 Å². The normalized spacial score (nSPS) is 18.4. The number of carboxylic acids is 1. The number of ether oxygens (including phenoxy) is 1. The molecule has 0 radical (unpaired) electrons. The Hall–Kier alpha value is -2.34. The molecule has 6 heteroatoms. The Kier molecular flexibility index (Phi) is 3.85. The highest BCUT2D eigenvalue weighted by atomic mass is 16.5. The molecular weight excluding hydrogens is 298 g/mol. The first kappa shape index (κ1) is 15.6. The van der Waals surface area contributed by atoms with Crippen molar-refractivity contribution in [2.45, 2.75) is 26.9 Å². The van der Waals surface area contributed by atoms with Gasteiger partial charge in [0.15, 0.2) is 11.9 Å². The molecule has 23 heavy (non-hydrogen) atoms. The third-order valence-corrected chi connectivity index (χ3v) is 4.31. The Morgan fingerprint density at radius 3 is 2.57 bits per heavy atom. The van der Waals surface area contributed by atoms with E-state index in [-0.39, 0.29) is 24.8 Å². The van der Waals surface area contributed by atoms with Crippen molar-refractivity contribution >= 4 is 22.8 Å². The van der Waals surface area contributed by atoms with Crippen LogP contribution < -0.4 is 0 Å². The topological polar surface area (TPSA) is 80.0 Å². The van der Waals surface area contributed by atoms with Crippen molar-refractivity contribution < 1.29 is 23.8 Å². The van der Waals surface area contributed by atoms with Crippen LogP contribution >= 0.6 is 0 Å². The number of furan rings is 1. The lowest BCUT2D eigenvalue weighted by Crippen LogP contribution is -2.48. The maximum Gasteiger partial charge on any atom is 0.334 e. The minimum atomic E-state index is -1.06. The molecule has 0 saturated carbocycles. The second-order valence-electron chi connectivity index (χ2n) is 5.91. The molecule has 1 amide bonds. The zero-order valence-electron chi connectivity index (χ0n) is 13.4. The molecule has 2 aromatic rings. The van der Waals surface area contributed by atoms with E-state index in [2.05, 4.69) is 0 Å². The minimum absolute atomic E-state index is 0.0304. The number of aryl methyl sites for hydroxylation is 3.